The second-order valence-electron chi connectivity index (χ2n) is 6.08. The van der Waals surface area contributed by atoms with Crippen molar-refractivity contribution in [2.24, 2.45) is 0 Å². The molecule has 1 saturated heterocycles. The average Bonchev–Trinajstić information content (AvgIpc) is 2.58. The Kier molecular flexibility index (Phi) is 5.16. The monoisotopic (exact) mass is 374 g/mol. The van der Waals surface area contributed by atoms with Crippen molar-refractivity contribution >= 4 is 33.4 Å². The number of rotatable bonds is 4. The van der Waals surface area contributed by atoms with Gasteiger partial charge >= 0.3 is 0 Å². The fourth-order valence-electron chi connectivity index (χ4n) is 3.15. The molecule has 0 radical (unpaired) electrons. The third-order valence-electron chi connectivity index (χ3n) is 4.45. The number of hydrogen-bond donors (Lipinski definition) is 1. The molecule has 4 nitrogen and oxygen atoms in total. The van der Waals surface area contributed by atoms with Crippen molar-refractivity contribution in [1.82, 2.24) is 9.97 Å². The zero-order valence-electron chi connectivity index (χ0n) is 13.7. The summed E-state index contributed by atoms with van der Waals surface area (Å²) in [6, 6.07) is 8.69. The van der Waals surface area contributed by atoms with Gasteiger partial charge in [-0.1, -0.05) is 22.9 Å². The molecule has 5 heteroatoms. The van der Waals surface area contributed by atoms with Crippen LogP contribution in [0.2, 0.25) is 0 Å². The Morgan fingerprint density at radius 3 is 2.96 bits per heavy atom. The summed E-state index contributed by atoms with van der Waals surface area (Å²) in [5.74, 6) is 1.69. The highest BCUT2D eigenvalue weighted by molar-refractivity contribution is 9.10. The number of benzene rings is 1. The molecule has 2 aromatic rings. The van der Waals surface area contributed by atoms with Crippen LogP contribution in [-0.2, 0) is 0 Å². The number of hydrogen-bond acceptors (Lipinski definition) is 4. The van der Waals surface area contributed by atoms with E-state index in [9.17, 15) is 0 Å². The number of halogens is 1. The maximum Gasteiger partial charge on any atom is 0.227 e. The lowest BCUT2D eigenvalue weighted by molar-refractivity contribution is 0.443. The van der Waals surface area contributed by atoms with Gasteiger partial charge in [0.25, 0.3) is 0 Å². The van der Waals surface area contributed by atoms with E-state index in [4.69, 9.17) is 4.98 Å². The van der Waals surface area contributed by atoms with Gasteiger partial charge < -0.3 is 10.2 Å². The number of nitrogens with zero attached hydrogens (tertiary/aromatic N) is 3. The Bertz CT molecular complexity index is 674. The number of piperidine rings is 1. The van der Waals surface area contributed by atoms with Crippen LogP contribution in [0, 0.1) is 6.92 Å². The van der Waals surface area contributed by atoms with Crippen LogP contribution in [-0.4, -0.2) is 22.6 Å². The van der Waals surface area contributed by atoms with E-state index in [0.29, 0.717) is 6.04 Å². The van der Waals surface area contributed by atoms with Crippen molar-refractivity contribution in [2.75, 3.05) is 16.8 Å². The van der Waals surface area contributed by atoms with Crippen LogP contribution < -0.4 is 10.2 Å². The summed E-state index contributed by atoms with van der Waals surface area (Å²) in [6.07, 6.45) is 6.77. The van der Waals surface area contributed by atoms with Gasteiger partial charge in [-0.25, -0.2) is 4.98 Å². The van der Waals surface area contributed by atoms with Gasteiger partial charge in [-0.3, -0.25) is 0 Å². The lowest BCUT2D eigenvalue weighted by Crippen LogP contribution is -2.40. The van der Waals surface area contributed by atoms with E-state index in [-0.39, 0.29) is 0 Å². The van der Waals surface area contributed by atoms with Crippen molar-refractivity contribution in [3.05, 3.63) is 40.5 Å². The first-order valence-corrected chi connectivity index (χ1v) is 9.09. The third kappa shape index (κ3) is 3.83. The van der Waals surface area contributed by atoms with Crippen LogP contribution in [0.1, 0.15) is 38.2 Å². The van der Waals surface area contributed by atoms with Gasteiger partial charge in [-0.2, -0.15) is 4.98 Å². The normalized spacial score (nSPS) is 18.0. The molecule has 1 N–H and O–H groups in total. The molecule has 23 heavy (non-hydrogen) atoms. The van der Waals surface area contributed by atoms with Crippen LogP contribution in [0.4, 0.5) is 17.5 Å². The molecule has 1 aliphatic heterocycles. The van der Waals surface area contributed by atoms with Crippen LogP contribution in [0.25, 0.3) is 0 Å². The summed E-state index contributed by atoms with van der Waals surface area (Å²) in [5.41, 5.74) is 2.26. The molecule has 122 valence electrons. The Morgan fingerprint density at radius 2 is 2.17 bits per heavy atom. The number of aryl methyl sites for hydroxylation is 1. The zero-order valence-corrected chi connectivity index (χ0v) is 15.3. The van der Waals surface area contributed by atoms with E-state index >= 15 is 0 Å². The largest absolute Gasteiger partial charge is 0.340 e. The summed E-state index contributed by atoms with van der Waals surface area (Å²) < 4.78 is 1.09. The van der Waals surface area contributed by atoms with Gasteiger partial charge in [-0.15, -0.1) is 0 Å². The van der Waals surface area contributed by atoms with Gasteiger partial charge in [0, 0.05) is 28.9 Å². The van der Waals surface area contributed by atoms with Gasteiger partial charge in [0.2, 0.25) is 5.95 Å². The Labute approximate surface area is 146 Å². The van der Waals surface area contributed by atoms with Crippen LogP contribution >= 0.6 is 15.9 Å². The van der Waals surface area contributed by atoms with Gasteiger partial charge in [0.15, 0.2) is 0 Å². The number of nitrogens with one attached hydrogen (secondary N) is 1. The average molecular weight is 375 g/mol. The molecule has 0 amide bonds. The van der Waals surface area contributed by atoms with E-state index in [1.165, 1.54) is 24.8 Å². The zero-order chi connectivity index (χ0) is 16.2. The lowest BCUT2D eigenvalue weighted by atomic mass is 10.0. The number of anilines is 3. The van der Waals surface area contributed by atoms with Crippen molar-refractivity contribution in [2.45, 2.75) is 45.6 Å². The minimum absolute atomic E-state index is 0.563. The van der Waals surface area contributed by atoms with Crippen LogP contribution in [0.15, 0.2) is 34.9 Å². The molecule has 0 aliphatic carbocycles. The van der Waals surface area contributed by atoms with Crippen LogP contribution in [0.5, 0.6) is 0 Å². The summed E-state index contributed by atoms with van der Waals surface area (Å²) >= 11 is 3.50. The predicted molar refractivity (Wildman–Crippen MR) is 99.5 cm³/mol. The van der Waals surface area contributed by atoms with Crippen molar-refractivity contribution in [3.8, 4) is 0 Å². The topological polar surface area (TPSA) is 41.1 Å². The minimum atomic E-state index is 0.563. The maximum absolute atomic E-state index is 4.75. The first kappa shape index (κ1) is 16.2. The van der Waals surface area contributed by atoms with Gasteiger partial charge in [0.1, 0.15) is 5.82 Å². The summed E-state index contributed by atoms with van der Waals surface area (Å²) in [7, 11) is 0. The molecule has 1 aliphatic rings. The Morgan fingerprint density at radius 1 is 1.30 bits per heavy atom. The molecular formula is C18H23BrN4. The van der Waals surface area contributed by atoms with E-state index < -0.39 is 0 Å². The highest BCUT2D eigenvalue weighted by atomic mass is 79.9. The second-order valence-corrected chi connectivity index (χ2v) is 6.99. The van der Waals surface area contributed by atoms with E-state index in [1.807, 2.05) is 18.3 Å². The fraction of sp³-hybridized carbons (Fsp3) is 0.444. The van der Waals surface area contributed by atoms with Gasteiger partial charge in [0.05, 0.1) is 0 Å². The van der Waals surface area contributed by atoms with Crippen LogP contribution in [0.3, 0.4) is 0 Å². The first-order valence-electron chi connectivity index (χ1n) is 8.30. The molecule has 1 aromatic carbocycles. The van der Waals surface area contributed by atoms with Crippen molar-refractivity contribution in [1.29, 1.82) is 0 Å². The Hall–Kier alpha value is -1.62. The first-order chi connectivity index (χ1) is 11.2. The Balaban J connectivity index is 1.82. The molecule has 3 rings (SSSR count). The molecule has 0 saturated carbocycles. The second kappa shape index (κ2) is 7.30. The smallest absolute Gasteiger partial charge is 0.227 e. The quantitative estimate of drug-likeness (QED) is 0.811. The highest BCUT2D eigenvalue weighted by Gasteiger charge is 2.23. The molecule has 1 unspecified atom stereocenters. The molecular weight excluding hydrogens is 352 g/mol. The summed E-state index contributed by atoms with van der Waals surface area (Å²) in [6.45, 7) is 5.39. The molecule has 1 fully saturated rings. The fourth-order valence-corrected chi connectivity index (χ4v) is 3.63. The number of aromatic nitrogens is 2. The van der Waals surface area contributed by atoms with E-state index in [2.05, 4.69) is 57.1 Å². The van der Waals surface area contributed by atoms with Gasteiger partial charge in [-0.05, 0) is 62.4 Å². The molecule has 0 bridgehead atoms. The SMILES string of the molecule is CCC1CCCCN1c1nccc(Nc2ccc(Br)cc2C)n1. The summed E-state index contributed by atoms with van der Waals surface area (Å²) in [5, 5.41) is 3.41. The molecule has 1 aromatic heterocycles. The lowest BCUT2D eigenvalue weighted by Gasteiger charge is -2.35. The highest BCUT2D eigenvalue weighted by Crippen LogP contribution is 2.26. The third-order valence-corrected chi connectivity index (χ3v) is 4.94. The predicted octanol–water partition coefficient (Wildman–Crippen LogP) is 5.06. The maximum atomic E-state index is 4.75. The van der Waals surface area contributed by atoms with E-state index in [1.54, 1.807) is 0 Å². The molecule has 0 spiro atoms. The molecule has 2 heterocycles. The van der Waals surface area contributed by atoms with Crippen molar-refractivity contribution in [3.63, 3.8) is 0 Å². The van der Waals surface area contributed by atoms with E-state index in [0.717, 1.165) is 34.9 Å². The minimum Gasteiger partial charge on any atom is -0.340 e. The van der Waals surface area contributed by atoms with Crippen molar-refractivity contribution < 1.29 is 0 Å². The standard InChI is InChI=1S/C18H23BrN4/c1-3-15-6-4-5-11-23(15)18-20-10-9-17(22-18)21-16-8-7-14(19)12-13(16)2/h7-10,12,15H,3-6,11H2,1-2H3,(H,20,21,22). The molecule has 1 atom stereocenters. The summed E-state index contributed by atoms with van der Waals surface area (Å²) in [4.78, 5) is 11.6.